The molecule has 0 radical (unpaired) electrons. The molecule has 2 rings (SSSR count). The Kier molecular flexibility index (Phi) is 4.39. The van der Waals surface area contributed by atoms with Gasteiger partial charge in [-0.15, -0.1) is 0 Å². The Morgan fingerprint density at radius 2 is 2.14 bits per heavy atom. The number of rotatable bonds is 4. The number of carbonyl (C=O) groups excluding carboxylic acids is 1. The van der Waals surface area contributed by atoms with Crippen LogP contribution < -0.4 is 0 Å². The lowest BCUT2D eigenvalue weighted by atomic mass is 10.1. The molecule has 0 bridgehead atoms. The average molecular weight is 314 g/mol. The highest BCUT2D eigenvalue weighted by molar-refractivity contribution is 5.71. The quantitative estimate of drug-likeness (QED) is 0.881. The third-order valence-corrected chi connectivity index (χ3v) is 2.87. The number of phenolic OH excluding ortho intramolecular Hbond substituents is 1. The van der Waals surface area contributed by atoms with Crippen molar-refractivity contribution < 1.29 is 27.8 Å². The van der Waals surface area contributed by atoms with Gasteiger partial charge in [0.2, 0.25) is 0 Å². The van der Waals surface area contributed by atoms with Crippen LogP contribution >= 0.6 is 0 Å². The van der Waals surface area contributed by atoms with Crippen molar-refractivity contribution in [2.24, 2.45) is 0 Å². The third-order valence-electron chi connectivity index (χ3n) is 2.87. The van der Waals surface area contributed by atoms with Gasteiger partial charge in [0.05, 0.1) is 18.4 Å². The molecule has 8 heteroatoms. The van der Waals surface area contributed by atoms with Crippen molar-refractivity contribution in [1.29, 1.82) is 0 Å². The van der Waals surface area contributed by atoms with Gasteiger partial charge in [-0.3, -0.25) is 9.48 Å². The second-order valence-electron chi connectivity index (χ2n) is 4.46. The fourth-order valence-corrected chi connectivity index (χ4v) is 1.88. The van der Waals surface area contributed by atoms with Crippen LogP contribution in [0.4, 0.5) is 13.2 Å². The molecule has 1 aromatic heterocycles. The lowest BCUT2D eigenvalue weighted by Crippen LogP contribution is -2.13. The number of hydrogen-bond donors (Lipinski definition) is 1. The van der Waals surface area contributed by atoms with Crippen LogP contribution in [0.3, 0.4) is 0 Å². The summed E-state index contributed by atoms with van der Waals surface area (Å²) in [7, 11) is 0. The maximum atomic E-state index is 12.5. The first-order valence-corrected chi connectivity index (χ1v) is 6.40. The molecule has 0 saturated heterocycles. The van der Waals surface area contributed by atoms with Gasteiger partial charge >= 0.3 is 12.1 Å². The summed E-state index contributed by atoms with van der Waals surface area (Å²) in [6, 6.07) is 2.68. The molecule has 2 aromatic rings. The molecular formula is C14H13F3N2O3. The Balaban J connectivity index is 2.22. The van der Waals surface area contributed by atoms with E-state index in [4.69, 9.17) is 4.74 Å². The highest BCUT2D eigenvalue weighted by Crippen LogP contribution is 2.36. The van der Waals surface area contributed by atoms with Crippen LogP contribution in [0.1, 0.15) is 12.5 Å². The van der Waals surface area contributed by atoms with Gasteiger partial charge < -0.3 is 9.84 Å². The van der Waals surface area contributed by atoms with E-state index in [2.05, 4.69) is 5.10 Å². The number of alkyl halides is 3. The minimum atomic E-state index is -4.52. The van der Waals surface area contributed by atoms with Gasteiger partial charge in [0.25, 0.3) is 0 Å². The maximum absolute atomic E-state index is 12.5. The molecule has 1 N–H and O–H groups in total. The van der Waals surface area contributed by atoms with E-state index in [0.29, 0.717) is 11.6 Å². The van der Waals surface area contributed by atoms with E-state index in [-0.39, 0.29) is 18.7 Å². The van der Waals surface area contributed by atoms with Crippen LogP contribution in [-0.4, -0.2) is 27.5 Å². The van der Waals surface area contributed by atoms with E-state index >= 15 is 0 Å². The van der Waals surface area contributed by atoms with Crippen LogP contribution in [0.5, 0.6) is 5.75 Å². The lowest BCUT2D eigenvalue weighted by Gasteiger charge is -2.09. The fourth-order valence-electron chi connectivity index (χ4n) is 1.88. The molecule has 0 aliphatic heterocycles. The summed E-state index contributed by atoms with van der Waals surface area (Å²) in [5.41, 5.74) is -0.341. The van der Waals surface area contributed by atoms with Crippen LogP contribution in [0.15, 0.2) is 30.6 Å². The number of ether oxygens (including phenoxy) is 1. The summed E-state index contributed by atoms with van der Waals surface area (Å²) in [5, 5.41) is 13.7. The molecular weight excluding hydrogens is 301 g/mol. The van der Waals surface area contributed by atoms with E-state index in [9.17, 15) is 23.1 Å². The van der Waals surface area contributed by atoms with Gasteiger partial charge in [-0.2, -0.15) is 18.3 Å². The first-order chi connectivity index (χ1) is 10.3. The van der Waals surface area contributed by atoms with Gasteiger partial charge in [-0.25, -0.2) is 0 Å². The van der Waals surface area contributed by atoms with E-state index in [1.165, 1.54) is 17.1 Å². The molecule has 5 nitrogen and oxygen atoms in total. The van der Waals surface area contributed by atoms with Crippen LogP contribution in [0.25, 0.3) is 11.1 Å². The molecule has 0 unspecified atom stereocenters. The van der Waals surface area contributed by atoms with Crippen molar-refractivity contribution in [3.63, 3.8) is 0 Å². The van der Waals surface area contributed by atoms with E-state index in [1.807, 2.05) is 0 Å². The number of nitrogens with zero attached hydrogens (tertiary/aromatic N) is 2. The molecule has 0 aliphatic carbocycles. The van der Waals surface area contributed by atoms with Gasteiger partial charge in [-0.1, -0.05) is 0 Å². The zero-order valence-electron chi connectivity index (χ0n) is 11.6. The standard InChI is InChI=1S/C14H13F3N2O3/c1-2-22-13(21)8-19-7-9(6-18-19)11-4-3-10(5-12(11)20)14(15,16)17/h3-7,20H,2,8H2,1H3. The van der Waals surface area contributed by atoms with Crippen molar-refractivity contribution in [3.8, 4) is 16.9 Å². The van der Waals surface area contributed by atoms with Gasteiger partial charge in [-0.05, 0) is 25.1 Å². The number of carbonyl (C=O) groups is 1. The lowest BCUT2D eigenvalue weighted by molar-refractivity contribution is -0.144. The highest BCUT2D eigenvalue weighted by Gasteiger charge is 2.31. The number of benzene rings is 1. The van der Waals surface area contributed by atoms with Gasteiger partial charge in [0.1, 0.15) is 12.3 Å². The first-order valence-electron chi connectivity index (χ1n) is 6.40. The normalized spacial score (nSPS) is 11.5. The molecule has 0 atom stereocenters. The van der Waals surface area contributed by atoms with Gasteiger partial charge in [0.15, 0.2) is 0 Å². The molecule has 1 aromatic carbocycles. The van der Waals surface area contributed by atoms with Crippen molar-refractivity contribution in [3.05, 3.63) is 36.2 Å². The Labute approximate surface area is 123 Å². The molecule has 0 fully saturated rings. The Morgan fingerprint density at radius 1 is 1.41 bits per heavy atom. The molecule has 0 amide bonds. The predicted molar refractivity (Wildman–Crippen MR) is 71.0 cm³/mol. The second kappa shape index (κ2) is 6.08. The molecule has 22 heavy (non-hydrogen) atoms. The van der Waals surface area contributed by atoms with E-state index < -0.39 is 23.5 Å². The smallest absolute Gasteiger partial charge is 0.416 e. The van der Waals surface area contributed by atoms with Crippen molar-refractivity contribution >= 4 is 5.97 Å². The van der Waals surface area contributed by atoms with E-state index in [0.717, 1.165) is 12.1 Å². The van der Waals surface area contributed by atoms with Crippen molar-refractivity contribution in [2.45, 2.75) is 19.6 Å². The minimum absolute atomic E-state index is 0.116. The maximum Gasteiger partial charge on any atom is 0.416 e. The summed E-state index contributed by atoms with van der Waals surface area (Å²) in [6.07, 6.45) is -1.73. The zero-order chi connectivity index (χ0) is 16.3. The van der Waals surface area contributed by atoms with Crippen LogP contribution in [-0.2, 0) is 22.3 Å². The molecule has 0 spiro atoms. The Bertz CT molecular complexity index is 680. The van der Waals surface area contributed by atoms with Crippen molar-refractivity contribution in [2.75, 3.05) is 6.61 Å². The fraction of sp³-hybridized carbons (Fsp3) is 0.286. The van der Waals surface area contributed by atoms with Crippen molar-refractivity contribution in [1.82, 2.24) is 9.78 Å². The predicted octanol–water partition coefficient (Wildman–Crippen LogP) is 2.84. The topological polar surface area (TPSA) is 64.3 Å². The summed E-state index contributed by atoms with van der Waals surface area (Å²) >= 11 is 0. The molecule has 118 valence electrons. The summed E-state index contributed by atoms with van der Waals surface area (Å²) in [5.74, 6) is -0.987. The number of hydrogen-bond acceptors (Lipinski definition) is 4. The van der Waals surface area contributed by atoms with Crippen LogP contribution in [0.2, 0.25) is 0 Å². The third kappa shape index (κ3) is 3.57. The zero-order valence-corrected chi connectivity index (χ0v) is 11.6. The molecule has 1 heterocycles. The Hall–Kier alpha value is -2.51. The SMILES string of the molecule is CCOC(=O)Cn1cc(-c2ccc(C(F)(F)F)cc2O)cn1. The number of esters is 1. The summed E-state index contributed by atoms with van der Waals surface area (Å²) in [4.78, 5) is 11.3. The minimum Gasteiger partial charge on any atom is -0.507 e. The second-order valence-corrected chi connectivity index (χ2v) is 4.46. The number of halogens is 3. The van der Waals surface area contributed by atoms with Gasteiger partial charge in [0, 0.05) is 17.3 Å². The average Bonchev–Trinajstić information content (AvgIpc) is 2.86. The summed E-state index contributed by atoms with van der Waals surface area (Å²) in [6.45, 7) is 1.80. The molecule has 0 aliphatic rings. The van der Waals surface area contributed by atoms with Crippen LogP contribution in [0, 0.1) is 0 Å². The molecule has 0 saturated carbocycles. The number of aromatic nitrogens is 2. The highest BCUT2D eigenvalue weighted by atomic mass is 19.4. The van der Waals surface area contributed by atoms with E-state index in [1.54, 1.807) is 6.92 Å². The first kappa shape index (κ1) is 15.9. The number of aromatic hydroxyl groups is 1. The number of phenols is 1. The summed E-state index contributed by atoms with van der Waals surface area (Å²) < 4.78 is 43.7. The largest absolute Gasteiger partial charge is 0.507 e. The monoisotopic (exact) mass is 314 g/mol. The Morgan fingerprint density at radius 3 is 2.73 bits per heavy atom.